The molecule has 1 aliphatic carbocycles. The fourth-order valence-electron chi connectivity index (χ4n) is 2.72. The van der Waals surface area contributed by atoms with E-state index in [1.54, 1.807) is 6.20 Å². The molecule has 1 aromatic heterocycles. The summed E-state index contributed by atoms with van der Waals surface area (Å²) in [6.07, 6.45) is 5.72. The van der Waals surface area contributed by atoms with Crippen molar-refractivity contribution in [3.63, 3.8) is 0 Å². The van der Waals surface area contributed by atoms with Crippen molar-refractivity contribution in [1.29, 1.82) is 0 Å². The van der Waals surface area contributed by atoms with Crippen LogP contribution in [0.3, 0.4) is 0 Å². The number of carbonyl (C=O) groups excluding carboxylic acids is 1. The average molecular weight is 225 g/mol. The van der Waals surface area contributed by atoms with Crippen LogP contribution in [0, 0.1) is 0 Å². The molecule has 0 amide bonds. The highest BCUT2D eigenvalue weighted by molar-refractivity contribution is 5.92. The van der Waals surface area contributed by atoms with Gasteiger partial charge in [0.15, 0.2) is 0 Å². The van der Waals surface area contributed by atoms with Crippen LogP contribution in [0.5, 0.6) is 0 Å². The molecule has 1 fully saturated rings. The van der Waals surface area contributed by atoms with Gasteiger partial charge < -0.3 is 0 Å². The van der Waals surface area contributed by atoms with Gasteiger partial charge in [0.2, 0.25) is 0 Å². The fourth-order valence-corrected chi connectivity index (χ4v) is 2.72. The number of para-hydroxylation sites is 1. The molecule has 0 N–H and O–H groups in total. The standard InChI is InChI=1S/C15H15NO/c17-14-9-2-1-7-12(14)13-8-3-5-11-6-4-10-16-15(11)13/h3-6,8,10,12H,1-2,7,9H2. The molecule has 86 valence electrons. The Labute approximate surface area is 101 Å². The number of hydrogen-bond acceptors (Lipinski definition) is 2. The largest absolute Gasteiger partial charge is 0.299 e. The van der Waals surface area contributed by atoms with E-state index >= 15 is 0 Å². The number of benzene rings is 1. The Balaban J connectivity index is 2.13. The number of Topliss-reactive ketones (excluding diaryl/α,β-unsaturated/α-hetero) is 1. The van der Waals surface area contributed by atoms with E-state index in [1.807, 2.05) is 12.1 Å². The van der Waals surface area contributed by atoms with Gasteiger partial charge in [0.05, 0.1) is 5.52 Å². The van der Waals surface area contributed by atoms with Crippen molar-refractivity contribution in [1.82, 2.24) is 4.98 Å². The smallest absolute Gasteiger partial charge is 0.140 e. The highest BCUT2D eigenvalue weighted by Crippen LogP contribution is 2.33. The normalized spacial score (nSPS) is 20.7. The van der Waals surface area contributed by atoms with Crippen LogP contribution in [-0.4, -0.2) is 10.8 Å². The average Bonchev–Trinajstić information content (AvgIpc) is 2.39. The monoisotopic (exact) mass is 225 g/mol. The van der Waals surface area contributed by atoms with E-state index in [0.717, 1.165) is 42.1 Å². The minimum absolute atomic E-state index is 0.0716. The molecule has 1 heterocycles. The summed E-state index contributed by atoms with van der Waals surface area (Å²) in [5, 5.41) is 1.13. The Morgan fingerprint density at radius 3 is 2.88 bits per heavy atom. The number of fused-ring (bicyclic) bond motifs is 1. The van der Waals surface area contributed by atoms with Crippen LogP contribution >= 0.6 is 0 Å². The van der Waals surface area contributed by atoms with Gasteiger partial charge in [-0.05, 0) is 24.5 Å². The molecule has 3 rings (SSSR count). The first-order valence-corrected chi connectivity index (χ1v) is 6.22. The van der Waals surface area contributed by atoms with Gasteiger partial charge in [-0.15, -0.1) is 0 Å². The maximum atomic E-state index is 12.0. The van der Waals surface area contributed by atoms with E-state index in [0.29, 0.717) is 5.78 Å². The Morgan fingerprint density at radius 2 is 2.00 bits per heavy atom. The van der Waals surface area contributed by atoms with Crippen LogP contribution < -0.4 is 0 Å². The SMILES string of the molecule is O=C1CCCCC1c1cccc2cccnc12. The van der Waals surface area contributed by atoms with E-state index in [4.69, 9.17) is 0 Å². The van der Waals surface area contributed by atoms with Gasteiger partial charge in [-0.2, -0.15) is 0 Å². The third-order valence-electron chi connectivity index (χ3n) is 3.59. The summed E-state index contributed by atoms with van der Waals surface area (Å²) >= 11 is 0. The van der Waals surface area contributed by atoms with Crippen LogP contribution in [0.2, 0.25) is 0 Å². The first-order chi connectivity index (χ1) is 8.36. The van der Waals surface area contributed by atoms with Crippen molar-refractivity contribution in [2.45, 2.75) is 31.6 Å². The highest BCUT2D eigenvalue weighted by Gasteiger charge is 2.25. The summed E-state index contributed by atoms with van der Waals surface area (Å²) in [6.45, 7) is 0. The second-order valence-corrected chi connectivity index (χ2v) is 4.69. The number of carbonyl (C=O) groups is 1. The summed E-state index contributed by atoms with van der Waals surface area (Å²) in [6, 6.07) is 10.1. The van der Waals surface area contributed by atoms with Crippen LogP contribution in [0.15, 0.2) is 36.5 Å². The molecule has 0 bridgehead atoms. The van der Waals surface area contributed by atoms with Crippen LogP contribution in [0.4, 0.5) is 0 Å². The lowest BCUT2D eigenvalue weighted by molar-refractivity contribution is -0.121. The zero-order valence-electron chi connectivity index (χ0n) is 9.73. The maximum Gasteiger partial charge on any atom is 0.140 e. The number of ketones is 1. The summed E-state index contributed by atoms with van der Waals surface area (Å²) in [4.78, 5) is 16.4. The lowest BCUT2D eigenvalue weighted by Crippen LogP contribution is -2.17. The van der Waals surface area contributed by atoms with Crippen molar-refractivity contribution >= 4 is 16.7 Å². The number of nitrogens with zero attached hydrogens (tertiary/aromatic N) is 1. The molecule has 1 atom stereocenters. The van der Waals surface area contributed by atoms with Gasteiger partial charge in [-0.25, -0.2) is 0 Å². The Hall–Kier alpha value is -1.70. The first kappa shape index (κ1) is 10.5. The molecule has 1 saturated carbocycles. The molecule has 0 radical (unpaired) electrons. The second kappa shape index (κ2) is 4.28. The molecule has 0 spiro atoms. The molecule has 17 heavy (non-hydrogen) atoms. The molecule has 1 unspecified atom stereocenters. The number of pyridine rings is 1. The minimum Gasteiger partial charge on any atom is -0.299 e. The molecule has 2 heteroatoms. The molecule has 0 saturated heterocycles. The van der Waals surface area contributed by atoms with Crippen molar-refractivity contribution in [3.8, 4) is 0 Å². The van der Waals surface area contributed by atoms with Gasteiger partial charge in [0.25, 0.3) is 0 Å². The fraction of sp³-hybridized carbons (Fsp3) is 0.333. The maximum absolute atomic E-state index is 12.0. The molecule has 1 aromatic carbocycles. The zero-order valence-corrected chi connectivity index (χ0v) is 9.73. The highest BCUT2D eigenvalue weighted by atomic mass is 16.1. The van der Waals surface area contributed by atoms with E-state index in [-0.39, 0.29) is 5.92 Å². The molecule has 2 aromatic rings. The molecular weight excluding hydrogens is 210 g/mol. The Morgan fingerprint density at radius 1 is 1.12 bits per heavy atom. The van der Waals surface area contributed by atoms with Gasteiger partial charge in [-0.3, -0.25) is 9.78 Å². The van der Waals surface area contributed by atoms with Gasteiger partial charge in [-0.1, -0.05) is 30.7 Å². The lowest BCUT2D eigenvalue weighted by atomic mass is 9.82. The summed E-state index contributed by atoms with van der Waals surface area (Å²) in [7, 11) is 0. The number of hydrogen-bond donors (Lipinski definition) is 0. The molecule has 1 aliphatic rings. The van der Waals surface area contributed by atoms with Crippen molar-refractivity contribution in [2.75, 3.05) is 0 Å². The molecule has 2 nitrogen and oxygen atoms in total. The van der Waals surface area contributed by atoms with Gasteiger partial charge >= 0.3 is 0 Å². The topological polar surface area (TPSA) is 30.0 Å². The first-order valence-electron chi connectivity index (χ1n) is 6.22. The van der Waals surface area contributed by atoms with E-state index in [2.05, 4.69) is 23.2 Å². The summed E-state index contributed by atoms with van der Waals surface area (Å²) in [5.41, 5.74) is 2.11. The summed E-state index contributed by atoms with van der Waals surface area (Å²) in [5.74, 6) is 0.455. The third kappa shape index (κ3) is 1.84. The number of aromatic nitrogens is 1. The zero-order chi connectivity index (χ0) is 11.7. The van der Waals surface area contributed by atoms with Crippen LogP contribution in [0.1, 0.15) is 37.2 Å². The van der Waals surface area contributed by atoms with E-state index < -0.39 is 0 Å². The predicted octanol–water partition coefficient (Wildman–Crippen LogP) is 3.46. The van der Waals surface area contributed by atoms with Crippen molar-refractivity contribution in [2.24, 2.45) is 0 Å². The van der Waals surface area contributed by atoms with E-state index in [1.165, 1.54) is 0 Å². The van der Waals surface area contributed by atoms with E-state index in [9.17, 15) is 4.79 Å². The summed E-state index contributed by atoms with van der Waals surface area (Å²) < 4.78 is 0. The Bertz CT molecular complexity index is 556. The quantitative estimate of drug-likeness (QED) is 0.744. The van der Waals surface area contributed by atoms with Crippen LogP contribution in [-0.2, 0) is 4.79 Å². The lowest BCUT2D eigenvalue weighted by Gasteiger charge is -2.21. The second-order valence-electron chi connectivity index (χ2n) is 4.69. The number of rotatable bonds is 1. The predicted molar refractivity (Wildman–Crippen MR) is 68.0 cm³/mol. The third-order valence-corrected chi connectivity index (χ3v) is 3.59. The molecular formula is C15H15NO. The van der Waals surface area contributed by atoms with Gasteiger partial charge in [0.1, 0.15) is 5.78 Å². The van der Waals surface area contributed by atoms with Gasteiger partial charge in [0, 0.05) is 23.9 Å². The van der Waals surface area contributed by atoms with Crippen molar-refractivity contribution in [3.05, 3.63) is 42.1 Å². The Kier molecular flexibility index (Phi) is 2.63. The minimum atomic E-state index is 0.0716. The van der Waals surface area contributed by atoms with Crippen molar-refractivity contribution < 1.29 is 4.79 Å². The van der Waals surface area contributed by atoms with Crippen LogP contribution in [0.25, 0.3) is 10.9 Å². The molecule has 0 aliphatic heterocycles.